The van der Waals surface area contributed by atoms with Crippen LogP contribution in [0.4, 0.5) is 0 Å². The van der Waals surface area contributed by atoms with Crippen molar-refractivity contribution in [3.05, 3.63) is 12.2 Å². The first kappa shape index (κ1) is 7.32. The first-order chi connectivity index (χ1) is 4.72. The zero-order valence-electron chi connectivity index (χ0n) is 6.08. The maximum atomic E-state index is 10.5. The number of hydrogen-bond donors (Lipinski definition) is 1. The standard InChI is InChI=1S/C8H12O2/c1-6-4-2-3-5-7(6)8(9)10/h2-3,6-7H,4-5H2,1H3,(H,9,10)/t6-,7-/m1/s1. The van der Waals surface area contributed by atoms with Gasteiger partial charge in [-0.3, -0.25) is 4.79 Å². The fourth-order valence-electron chi connectivity index (χ4n) is 1.29. The summed E-state index contributed by atoms with van der Waals surface area (Å²) in [6.07, 6.45) is 5.64. The van der Waals surface area contributed by atoms with Crippen LogP contribution in [-0.2, 0) is 4.79 Å². The molecule has 1 aliphatic rings. The SMILES string of the molecule is C[C@@H]1CC=CC[C@H]1C(=O)O. The lowest BCUT2D eigenvalue weighted by atomic mass is 9.85. The fourth-order valence-corrected chi connectivity index (χ4v) is 1.29. The zero-order chi connectivity index (χ0) is 7.56. The van der Waals surface area contributed by atoms with E-state index in [0.29, 0.717) is 12.3 Å². The van der Waals surface area contributed by atoms with Gasteiger partial charge in [0.25, 0.3) is 0 Å². The smallest absolute Gasteiger partial charge is 0.307 e. The summed E-state index contributed by atoms with van der Waals surface area (Å²) in [6, 6.07) is 0. The molecule has 0 heterocycles. The van der Waals surface area contributed by atoms with Gasteiger partial charge in [-0.25, -0.2) is 0 Å². The molecule has 1 rings (SSSR count). The third kappa shape index (κ3) is 1.38. The summed E-state index contributed by atoms with van der Waals surface area (Å²) >= 11 is 0. The van der Waals surface area contributed by atoms with Crippen LogP contribution in [0, 0.1) is 11.8 Å². The molecule has 2 heteroatoms. The molecular formula is C8H12O2. The molecule has 2 nitrogen and oxygen atoms in total. The minimum Gasteiger partial charge on any atom is -0.481 e. The van der Waals surface area contributed by atoms with Crippen molar-refractivity contribution in [1.82, 2.24) is 0 Å². The first-order valence-electron chi connectivity index (χ1n) is 3.59. The lowest BCUT2D eigenvalue weighted by Crippen LogP contribution is -2.22. The lowest BCUT2D eigenvalue weighted by Gasteiger charge is -2.20. The van der Waals surface area contributed by atoms with Crippen molar-refractivity contribution in [3.8, 4) is 0 Å². The van der Waals surface area contributed by atoms with Crippen LogP contribution in [0.25, 0.3) is 0 Å². The molecule has 0 aromatic carbocycles. The molecule has 2 atom stereocenters. The number of carboxylic acid groups (broad SMARTS) is 1. The highest BCUT2D eigenvalue weighted by Crippen LogP contribution is 2.24. The second-order valence-corrected chi connectivity index (χ2v) is 2.86. The maximum Gasteiger partial charge on any atom is 0.307 e. The lowest BCUT2D eigenvalue weighted by molar-refractivity contribution is -0.143. The molecule has 0 saturated carbocycles. The second-order valence-electron chi connectivity index (χ2n) is 2.86. The molecule has 0 aromatic rings. The molecule has 0 aromatic heterocycles. The van der Waals surface area contributed by atoms with Crippen molar-refractivity contribution in [2.45, 2.75) is 19.8 Å². The van der Waals surface area contributed by atoms with Gasteiger partial charge in [0.2, 0.25) is 0 Å². The van der Waals surface area contributed by atoms with Crippen LogP contribution in [0.5, 0.6) is 0 Å². The summed E-state index contributed by atoms with van der Waals surface area (Å²) in [6.45, 7) is 1.99. The maximum absolute atomic E-state index is 10.5. The van der Waals surface area contributed by atoms with E-state index in [2.05, 4.69) is 6.08 Å². The molecule has 0 radical (unpaired) electrons. The number of hydrogen-bond acceptors (Lipinski definition) is 1. The molecule has 1 aliphatic carbocycles. The summed E-state index contributed by atoms with van der Waals surface area (Å²) in [4.78, 5) is 10.5. The van der Waals surface area contributed by atoms with E-state index in [-0.39, 0.29) is 5.92 Å². The van der Waals surface area contributed by atoms with Crippen molar-refractivity contribution in [2.24, 2.45) is 11.8 Å². The highest BCUT2D eigenvalue weighted by atomic mass is 16.4. The van der Waals surface area contributed by atoms with E-state index in [1.807, 2.05) is 13.0 Å². The number of aliphatic carboxylic acids is 1. The van der Waals surface area contributed by atoms with Gasteiger partial charge in [0.05, 0.1) is 5.92 Å². The molecule has 0 unspecified atom stereocenters. The number of allylic oxidation sites excluding steroid dienone is 2. The van der Waals surface area contributed by atoms with Gasteiger partial charge in [0.15, 0.2) is 0 Å². The normalized spacial score (nSPS) is 32.1. The van der Waals surface area contributed by atoms with Crippen LogP contribution < -0.4 is 0 Å². The third-order valence-corrected chi connectivity index (χ3v) is 2.07. The van der Waals surface area contributed by atoms with Crippen LogP contribution in [-0.4, -0.2) is 11.1 Å². The molecule has 0 saturated heterocycles. The Morgan fingerprint density at radius 3 is 2.50 bits per heavy atom. The topological polar surface area (TPSA) is 37.3 Å². The third-order valence-electron chi connectivity index (χ3n) is 2.07. The van der Waals surface area contributed by atoms with Crippen molar-refractivity contribution >= 4 is 5.97 Å². The Labute approximate surface area is 60.6 Å². The monoisotopic (exact) mass is 140 g/mol. The molecule has 0 bridgehead atoms. The van der Waals surface area contributed by atoms with Gasteiger partial charge >= 0.3 is 5.97 Å². The molecule has 10 heavy (non-hydrogen) atoms. The van der Waals surface area contributed by atoms with Gasteiger partial charge < -0.3 is 5.11 Å². The van der Waals surface area contributed by atoms with Gasteiger partial charge in [-0.05, 0) is 18.8 Å². The van der Waals surface area contributed by atoms with Crippen LogP contribution >= 0.6 is 0 Å². The Hall–Kier alpha value is -0.790. The summed E-state index contributed by atoms with van der Waals surface area (Å²) in [7, 11) is 0. The number of carbonyl (C=O) groups is 1. The molecule has 0 amide bonds. The Balaban J connectivity index is 2.59. The van der Waals surface area contributed by atoms with E-state index in [1.165, 1.54) is 0 Å². The predicted molar refractivity (Wildman–Crippen MR) is 38.7 cm³/mol. The van der Waals surface area contributed by atoms with Gasteiger partial charge in [-0.15, -0.1) is 0 Å². The molecule has 1 N–H and O–H groups in total. The van der Waals surface area contributed by atoms with E-state index in [4.69, 9.17) is 5.11 Å². The number of carboxylic acids is 1. The molecule has 0 spiro atoms. The molecule has 56 valence electrons. The molecule has 0 aliphatic heterocycles. The summed E-state index contributed by atoms with van der Waals surface area (Å²) < 4.78 is 0. The predicted octanol–water partition coefficient (Wildman–Crippen LogP) is 1.67. The minimum absolute atomic E-state index is 0.148. The van der Waals surface area contributed by atoms with Crippen LogP contribution in [0.1, 0.15) is 19.8 Å². The molecule has 0 fully saturated rings. The van der Waals surface area contributed by atoms with E-state index < -0.39 is 5.97 Å². The second kappa shape index (κ2) is 2.86. The van der Waals surface area contributed by atoms with Gasteiger partial charge in [-0.1, -0.05) is 19.1 Å². The Morgan fingerprint density at radius 2 is 2.10 bits per heavy atom. The van der Waals surface area contributed by atoms with E-state index >= 15 is 0 Å². The average molecular weight is 140 g/mol. The van der Waals surface area contributed by atoms with Gasteiger partial charge in [0, 0.05) is 0 Å². The Morgan fingerprint density at radius 1 is 1.50 bits per heavy atom. The van der Waals surface area contributed by atoms with E-state index in [0.717, 1.165) is 6.42 Å². The quantitative estimate of drug-likeness (QED) is 0.562. The van der Waals surface area contributed by atoms with E-state index in [1.54, 1.807) is 0 Å². The summed E-state index contributed by atoms with van der Waals surface area (Å²) in [5.41, 5.74) is 0. The zero-order valence-corrected chi connectivity index (χ0v) is 6.08. The molecular weight excluding hydrogens is 128 g/mol. The van der Waals surface area contributed by atoms with Crippen molar-refractivity contribution in [1.29, 1.82) is 0 Å². The van der Waals surface area contributed by atoms with Crippen molar-refractivity contribution in [2.75, 3.05) is 0 Å². The Bertz CT molecular complexity index is 161. The van der Waals surface area contributed by atoms with Crippen LogP contribution in [0.3, 0.4) is 0 Å². The summed E-state index contributed by atoms with van der Waals surface area (Å²) in [5.74, 6) is -0.496. The highest BCUT2D eigenvalue weighted by molar-refractivity contribution is 5.70. The van der Waals surface area contributed by atoms with Crippen LogP contribution in [0.15, 0.2) is 12.2 Å². The highest BCUT2D eigenvalue weighted by Gasteiger charge is 2.24. The Kier molecular flexibility index (Phi) is 2.10. The fraction of sp³-hybridized carbons (Fsp3) is 0.625. The largest absolute Gasteiger partial charge is 0.481 e. The van der Waals surface area contributed by atoms with Gasteiger partial charge in [0.1, 0.15) is 0 Å². The van der Waals surface area contributed by atoms with E-state index in [9.17, 15) is 4.79 Å². The number of rotatable bonds is 1. The van der Waals surface area contributed by atoms with Gasteiger partial charge in [-0.2, -0.15) is 0 Å². The minimum atomic E-state index is -0.656. The average Bonchev–Trinajstić information content (AvgIpc) is 1.88. The summed E-state index contributed by atoms with van der Waals surface area (Å²) in [5, 5.41) is 8.67. The van der Waals surface area contributed by atoms with Crippen molar-refractivity contribution < 1.29 is 9.90 Å². The van der Waals surface area contributed by atoms with Crippen molar-refractivity contribution in [3.63, 3.8) is 0 Å². The first-order valence-corrected chi connectivity index (χ1v) is 3.59. The van der Waals surface area contributed by atoms with Crippen LogP contribution in [0.2, 0.25) is 0 Å².